The largest absolute Gasteiger partial charge is 0.478 e. The van der Waals surface area contributed by atoms with Crippen LogP contribution in [0.3, 0.4) is 0 Å². The number of hydrogen-bond donors (Lipinski definition) is 1. The van der Waals surface area contributed by atoms with Crippen molar-refractivity contribution in [2.24, 2.45) is 0 Å². The highest BCUT2D eigenvalue weighted by atomic mass is 35.5. The summed E-state index contributed by atoms with van der Waals surface area (Å²) in [4.78, 5) is 27.2. The second-order valence-corrected chi connectivity index (χ2v) is 10.6. The van der Waals surface area contributed by atoms with Crippen molar-refractivity contribution in [2.75, 3.05) is 0 Å². The Bertz CT molecular complexity index is 1520. The Balaban J connectivity index is 1.52. The normalized spacial score (nSPS) is 12.5. The molecule has 2 aromatic carbocycles. The summed E-state index contributed by atoms with van der Waals surface area (Å²) in [6.45, 7) is 11.4. The second-order valence-electron chi connectivity index (χ2n) is 10.2. The third-order valence-electron chi connectivity index (χ3n) is 6.11. The number of rotatable bonds is 8. The molecule has 0 spiro atoms. The molecule has 4 aromatic rings. The molecule has 4 rings (SSSR count). The van der Waals surface area contributed by atoms with Gasteiger partial charge in [0.25, 0.3) is 5.69 Å². The van der Waals surface area contributed by atoms with Crippen LogP contribution in [0.2, 0.25) is 5.02 Å². The van der Waals surface area contributed by atoms with Crippen LogP contribution in [-0.4, -0.2) is 36.8 Å². The molecule has 11 heteroatoms. The number of aryl methyl sites for hydroxylation is 2. The van der Waals surface area contributed by atoms with Crippen molar-refractivity contribution in [2.45, 2.75) is 66.1 Å². The first-order valence-electron chi connectivity index (χ1n) is 12.2. The maximum Gasteiger partial charge on any atom is 0.347 e. The van der Waals surface area contributed by atoms with Crippen molar-refractivity contribution in [3.8, 4) is 17.1 Å². The highest BCUT2D eigenvalue weighted by molar-refractivity contribution is 6.34. The van der Waals surface area contributed by atoms with Gasteiger partial charge < -0.3 is 14.5 Å². The van der Waals surface area contributed by atoms with Crippen molar-refractivity contribution in [1.82, 2.24) is 19.8 Å². The molecule has 1 N–H and O–H groups in total. The summed E-state index contributed by atoms with van der Waals surface area (Å²) in [5.41, 5.74) is 3.43. The van der Waals surface area contributed by atoms with E-state index in [1.165, 1.54) is 10.7 Å². The average molecular weight is 540 g/mol. The number of esters is 1. The minimum Gasteiger partial charge on any atom is -0.478 e. The van der Waals surface area contributed by atoms with Crippen molar-refractivity contribution in [1.29, 1.82) is 0 Å². The summed E-state index contributed by atoms with van der Waals surface area (Å²) in [5, 5.41) is 21.2. The molecule has 38 heavy (non-hydrogen) atoms. The first-order chi connectivity index (χ1) is 17.9. The minimum absolute atomic E-state index is 0.200. The van der Waals surface area contributed by atoms with E-state index in [0.717, 1.165) is 11.1 Å². The van der Waals surface area contributed by atoms with Crippen molar-refractivity contribution >= 4 is 28.9 Å². The lowest BCUT2D eigenvalue weighted by atomic mass is 9.92. The molecule has 0 radical (unpaired) electrons. The number of nitrogens with zero attached hydrogens (tertiary/aromatic N) is 4. The van der Waals surface area contributed by atoms with Gasteiger partial charge in [-0.15, -0.1) is 9.73 Å². The zero-order valence-electron chi connectivity index (χ0n) is 22.2. The van der Waals surface area contributed by atoms with Crippen molar-refractivity contribution in [3.63, 3.8) is 0 Å². The summed E-state index contributed by atoms with van der Waals surface area (Å²) < 4.78 is 12.7. The molecule has 0 saturated heterocycles. The molecule has 10 nitrogen and oxygen atoms in total. The monoisotopic (exact) mass is 539 g/mol. The molecule has 0 aliphatic carbocycles. The lowest BCUT2D eigenvalue weighted by molar-refractivity contribution is -0.385. The third kappa shape index (κ3) is 5.50. The van der Waals surface area contributed by atoms with Crippen LogP contribution in [0, 0.1) is 24.0 Å². The van der Waals surface area contributed by atoms with E-state index in [4.69, 9.17) is 21.1 Å². The third-order valence-corrected chi connectivity index (χ3v) is 6.47. The number of aromatic amines is 1. The SMILES string of the molecule is CCC(Oc1ccc(C)cc1C)C(=O)OCc1ccc(-c2nn3nc(C(C)(C)C)c(Cl)c3[nH]2)cc1[N+](=O)[O-]. The Kier molecular flexibility index (Phi) is 7.46. The Morgan fingerprint density at radius 3 is 2.53 bits per heavy atom. The second kappa shape index (κ2) is 10.4. The number of benzene rings is 2. The number of carbonyl (C=O) groups is 1. The maximum atomic E-state index is 12.7. The van der Waals surface area contributed by atoms with Gasteiger partial charge in [-0.2, -0.15) is 5.10 Å². The number of H-pyrrole nitrogens is 1. The number of ether oxygens (including phenoxy) is 2. The number of nitro benzene ring substituents is 1. The van der Waals surface area contributed by atoms with E-state index >= 15 is 0 Å². The van der Waals surface area contributed by atoms with E-state index in [9.17, 15) is 14.9 Å². The van der Waals surface area contributed by atoms with Gasteiger partial charge in [-0.25, -0.2) is 4.79 Å². The van der Waals surface area contributed by atoms with E-state index in [1.807, 2.05) is 59.7 Å². The van der Waals surface area contributed by atoms with Crippen LogP contribution in [0.15, 0.2) is 36.4 Å². The molecular weight excluding hydrogens is 510 g/mol. The number of nitrogens with one attached hydrogen (secondary N) is 1. The predicted octanol–water partition coefficient (Wildman–Crippen LogP) is 6.10. The average Bonchev–Trinajstić information content (AvgIpc) is 3.41. The fraction of sp³-hybridized carbons (Fsp3) is 0.370. The lowest BCUT2D eigenvalue weighted by Crippen LogP contribution is -2.29. The van der Waals surface area contributed by atoms with Gasteiger partial charge in [0.2, 0.25) is 0 Å². The lowest BCUT2D eigenvalue weighted by Gasteiger charge is -2.18. The van der Waals surface area contributed by atoms with Crippen LogP contribution in [0.25, 0.3) is 17.0 Å². The van der Waals surface area contributed by atoms with Crippen molar-refractivity contribution < 1.29 is 19.2 Å². The number of carbonyl (C=O) groups excluding carboxylic acids is 1. The molecule has 0 aliphatic heterocycles. The summed E-state index contributed by atoms with van der Waals surface area (Å²) >= 11 is 6.50. The van der Waals surface area contributed by atoms with Gasteiger partial charge in [-0.05, 0) is 38.0 Å². The molecule has 200 valence electrons. The molecule has 1 atom stereocenters. The topological polar surface area (TPSA) is 125 Å². The standard InChI is InChI=1S/C27H30ClN5O5/c1-7-20(38-21-11-8-15(2)12-16(21)3)26(34)37-14-18-10-9-17(13-19(18)33(35)36)24-29-25-22(28)23(27(4,5)6)30-32(25)31-24/h8-13,20H,7,14H2,1-6H3,(H,29,31). The quantitative estimate of drug-likeness (QED) is 0.163. The van der Waals surface area contributed by atoms with Gasteiger partial charge >= 0.3 is 5.97 Å². The van der Waals surface area contributed by atoms with E-state index in [1.54, 1.807) is 12.1 Å². The van der Waals surface area contributed by atoms with E-state index in [-0.39, 0.29) is 23.3 Å². The summed E-state index contributed by atoms with van der Waals surface area (Å²) in [6.07, 6.45) is -0.454. The van der Waals surface area contributed by atoms with Crippen LogP contribution in [0.5, 0.6) is 5.75 Å². The highest BCUT2D eigenvalue weighted by Gasteiger charge is 2.26. The zero-order chi connectivity index (χ0) is 27.8. The maximum absolute atomic E-state index is 12.7. The molecule has 0 aliphatic rings. The van der Waals surface area contributed by atoms with E-state index < -0.39 is 17.0 Å². The van der Waals surface area contributed by atoms with Crippen LogP contribution in [0.4, 0.5) is 5.69 Å². The van der Waals surface area contributed by atoms with Gasteiger partial charge in [0.1, 0.15) is 17.4 Å². The first kappa shape index (κ1) is 27.1. The minimum atomic E-state index is -0.836. The number of fused-ring (bicyclic) bond motifs is 1. The van der Waals surface area contributed by atoms with Crippen LogP contribution in [-0.2, 0) is 21.6 Å². The Labute approximate surface area is 225 Å². The van der Waals surface area contributed by atoms with Crippen molar-refractivity contribution in [3.05, 3.63) is 73.9 Å². The molecule has 1 unspecified atom stereocenters. The smallest absolute Gasteiger partial charge is 0.347 e. The molecule has 0 amide bonds. The molecule has 0 saturated carbocycles. The van der Waals surface area contributed by atoms with Gasteiger partial charge in [0.15, 0.2) is 17.6 Å². The van der Waals surface area contributed by atoms with Gasteiger partial charge in [-0.3, -0.25) is 10.1 Å². The Morgan fingerprint density at radius 2 is 1.92 bits per heavy atom. The highest BCUT2D eigenvalue weighted by Crippen LogP contribution is 2.33. The Morgan fingerprint density at radius 1 is 1.18 bits per heavy atom. The summed E-state index contributed by atoms with van der Waals surface area (Å²) in [5.74, 6) is 0.367. The Hall–Kier alpha value is -3.92. The fourth-order valence-corrected chi connectivity index (χ4v) is 4.48. The summed E-state index contributed by atoms with van der Waals surface area (Å²) in [7, 11) is 0. The van der Waals surface area contributed by atoms with E-state index in [2.05, 4.69) is 15.2 Å². The van der Waals surface area contributed by atoms with Crippen LogP contribution < -0.4 is 4.74 Å². The van der Waals surface area contributed by atoms with Gasteiger partial charge in [0, 0.05) is 17.0 Å². The van der Waals surface area contributed by atoms with Gasteiger partial charge in [0.05, 0.1) is 16.2 Å². The van der Waals surface area contributed by atoms with E-state index in [0.29, 0.717) is 39.9 Å². The molecule has 2 heterocycles. The summed E-state index contributed by atoms with van der Waals surface area (Å²) in [6, 6.07) is 10.3. The fourth-order valence-electron chi connectivity index (χ4n) is 4.03. The zero-order valence-corrected chi connectivity index (χ0v) is 22.9. The molecule has 0 fully saturated rings. The molecule has 0 bridgehead atoms. The van der Waals surface area contributed by atoms with Crippen LogP contribution >= 0.6 is 11.6 Å². The number of halogens is 1. The number of hydrogen-bond acceptors (Lipinski definition) is 7. The molecule has 2 aromatic heterocycles. The first-order valence-corrected chi connectivity index (χ1v) is 12.6. The number of aromatic nitrogens is 4. The number of nitro groups is 1. The molecular formula is C27H30ClN5O5. The van der Waals surface area contributed by atoms with Crippen LogP contribution in [0.1, 0.15) is 56.5 Å². The van der Waals surface area contributed by atoms with Gasteiger partial charge in [-0.1, -0.05) is 63.1 Å². The predicted molar refractivity (Wildman–Crippen MR) is 144 cm³/mol.